The maximum atomic E-state index is 12.5. The lowest BCUT2D eigenvalue weighted by Gasteiger charge is -2.32. The molecule has 0 aromatic rings. The van der Waals surface area contributed by atoms with Crippen molar-refractivity contribution in [2.45, 2.75) is 116 Å². The van der Waals surface area contributed by atoms with Gasteiger partial charge in [0, 0.05) is 0 Å². The van der Waals surface area contributed by atoms with Crippen LogP contribution in [-0.4, -0.2) is 117 Å². The monoisotopic (exact) mass is 582 g/mol. The summed E-state index contributed by atoms with van der Waals surface area (Å²) in [7, 11) is 0. The Hall–Kier alpha value is -2.85. The molecule has 15 heteroatoms. The van der Waals surface area contributed by atoms with Crippen molar-refractivity contribution in [1.29, 1.82) is 0 Å². The maximum absolute atomic E-state index is 12.5. The van der Waals surface area contributed by atoms with Crippen molar-refractivity contribution < 1.29 is 73.2 Å². The predicted octanol–water partition coefficient (Wildman–Crippen LogP) is -1.34. The van der Waals surface area contributed by atoms with Crippen LogP contribution in [0, 0.1) is 0 Å². The average Bonchev–Trinajstić information content (AvgIpc) is 2.75. The minimum Gasteiger partial charge on any atom is -0.461 e. The first-order chi connectivity index (χ1) is 18.5. The molecule has 6 unspecified atom stereocenters. The van der Waals surface area contributed by atoms with Crippen LogP contribution in [0.2, 0.25) is 0 Å². The van der Waals surface area contributed by atoms with Gasteiger partial charge < -0.3 is 49.2 Å². The van der Waals surface area contributed by atoms with Gasteiger partial charge in [-0.25, -0.2) is 0 Å². The summed E-state index contributed by atoms with van der Waals surface area (Å²) in [6.07, 6.45) is -13.3. The summed E-state index contributed by atoms with van der Waals surface area (Å²) in [4.78, 5) is 61.6. The lowest BCUT2D eigenvalue weighted by Crippen LogP contribution is -2.50. The van der Waals surface area contributed by atoms with Crippen LogP contribution in [0.4, 0.5) is 0 Å². The van der Waals surface area contributed by atoms with E-state index in [0.29, 0.717) is 0 Å². The van der Waals surface area contributed by atoms with E-state index >= 15 is 0 Å². The van der Waals surface area contributed by atoms with Crippen LogP contribution >= 0.6 is 0 Å². The number of carbonyl (C=O) groups excluding carboxylic acids is 5. The normalized spacial score (nSPS) is 17.1. The molecule has 5 N–H and O–H groups in total. The van der Waals surface area contributed by atoms with Gasteiger partial charge in [0.1, 0.15) is 13.2 Å². The molecule has 0 aromatic heterocycles. The molecule has 0 saturated carbocycles. The van der Waals surface area contributed by atoms with Crippen LogP contribution in [0.1, 0.15) is 66.7 Å². The Morgan fingerprint density at radius 2 is 0.700 bits per heavy atom. The molecule has 0 aliphatic rings. The van der Waals surface area contributed by atoms with Crippen molar-refractivity contribution in [3.05, 3.63) is 0 Å². The fourth-order valence-corrected chi connectivity index (χ4v) is 3.09. The first-order valence-corrected chi connectivity index (χ1v) is 12.8. The molecular weight excluding hydrogens is 540 g/mol. The highest BCUT2D eigenvalue weighted by Gasteiger charge is 2.40. The maximum Gasteiger partial charge on any atom is 0.308 e. The summed E-state index contributed by atoms with van der Waals surface area (Å²) in [6, 6.07) is 0. The van der Waals surface area contributed by atoms with Gasteiger partial charge in [0.15, 0.2) is 18.3 Å². The standard InChI is InChI=1S/C25H42O15/c1-13(26)6-20(31)36-11-18(38-22(33)8-15(3)28)25(40-24(35)10-17(5)30)19(39-23(34)9-16(4)29)12-37-21(32)7-14(2)27/h13-19,25-30H,6-12H2,1-5H3/t13?,14?,15?,16?,17?,18-,19+,25?. The number of esters is 5. The molecule has 0 radical (unpaired) electrons. The van der Waals surface area contributed by atoms with Crippen LogP contribution in [0.25, 0.3) is 0 Å². The Balaban J connectivity index is 6.40. The predicted molar refractivity (Wildman–Crippen MR) is 133 cm³/mol. The van der Waals surface area contributed by atoms with Gasteiger partial charge in [0.05, 0.1) is 62.6 Å². The Kier molecular flexibility index (Phi) is 17.9. The number of hydrogen-bond donors (Lipinski definition) is 5. The number of hydrogen-bond acceptors (Lipinski definition) is 15. The van der Waals surface area contributed by atoms with Crippen LogP contribution < -0.4 is 0 Å². The fraction of sp³-hybridized carbons (Fsp3) is 0.800. The van der Waals surface area contributed by atoms with Gasteiger partial charge in [0.2, 0.25) is 0 Å². The number of carbonyl (C=O) groups is 5. The molecule has 0 aromatic carbocycles. The van der Waals surface area contributed by atoms with Crippen molar-refractivity contribution in [3.8, 4) is 0 Å². The van der Waals surface area contributed by atoms with E-state index in [2.05, 4.69) is 0 Å². The average molecular weight is 583 g/mol. The first-order valence-electron chi connectivity index (χ1n) is 12.8. The topological polar surface area (TPSA) is 233 Å². The van der Waals surface area contributed by atoms with E-state index in [-0.39, 0.29) is 0 Å². The summed E-state index contributed by atoms with van der Waals surface area (Å²) in [6.45, 7) is 4.95. The van der Waals surface area contributed by atoms with Gasteiger partial charge in [-0.1, -0.05) is 0 Å². The summed E-state index contributed by atoms with van der Waals surface area (Å²) in [5.74, 6) is -4.95. The first kappa shape index (κ1) is 37.1. The molecule has 0 bridgehead atoms. The molecule has 0 aliphatic heterocycles. The molecule has 0 fully saturated rings. The summed E-state index contributed by atoms with van der Waals surface area (Å²) < 4.78 is 26.1. The highest BCUT2D eigenvalue weighted by Crippen LogP contribution is 2.19. The van der Waals surface area contributed by atoms with Gasteiger partial charge in [-0.15, -0.1) is 0 Å². The molecule has 8 atom stereocenters. The van der Waals surface area contributed by atoms with Gasteiger partial charge >= 0.3 is 29.8 Å². The van der Waals surface area contributed by atoms with Crippen molar-refractivity contribution in [1.82, 2.24) is 0 Å². The zero-order valence-corrected chi connectivity index (χ0v) is 23.4. The van der Waals surface area contributed by atoms with E-state index in [0.717, 1.165) is 0 Å². The van der Waals surface area contributed by atoms with Gasteiger partial charge in [-0.2, -0.15) is 0 Å². The lowest BCUT2D eigenvalue weighted by atomic mass is 10.1. The minimum absolute atomic E-state index is 0.440. The van der Waals surface area contributed by atoms with Crippen molar-refractivity contribution >= 4 is 29.8 Å². The van der Waals surface area contributed by atoms with E-state index in [1.165, 1.54) is 34.6 Å². The number of aliphatic hydroxyl groups excluding tert-OH is 5. The smallest absolute Gasteiger partial charge is 0.308 e. The van der Waals surface area contributed by atoms with E-state index in [4.69, 9.17) is 23.7 Å². The summed E-state index contributed by atoms with van der Waals surface area (Å²) in [5.41, 5.74) is 0. The number of ether oxygens (including phenoxy) is 5. The van der Waals surface area contributed by atoms with Gasteiger partial charge in [-0.05, 0) is 34.6 Å². The van der Waals surface area contributed by atoms with E-state index in [9.17, 15) is 49.5 Å². The van der Waals surface area contributed by atoms with Crippen LogP contribution in [0.5, 0.6) is 0 Å². The zero-order chi connectivity index (χ0) is 31.0. The second-order valence-corrected chi connectivity index (χ2v) is 9.64. The van der Waals surface area contributed by atoms with Crippen LogP contribution in [0.3, 0.4) is 0 Å². The highest BCUT2D eigenvalue weighted by molar-refractivity contribution is 5.73. The number of rotatable bonds is 19. The molecule has 0 aliphatic carbocycles. The zero-order valence-electron chi connectivity index (χ0n) is 23.4. The second kappa shape index (κ2) is 19.3. The van der Waals surface area contributed by atoms with E-state index in [1.54, 1.807) is 0 Å². The number of aliphatic hydroxyl groups is 5. The summed E-state index contributed by atoms with van der Waals surface area (Å²) >= 11 is 0. The van der Waals surface area contributed by atoms with Crippen molar-refractivity contribution in [2.75, 3.05) is 13.2 Å². The molecule has 232 valence electrons. The van der Waals surface area contributed by atoms with Crippen molar-refractivity contribution in [3.63, 3.8) is 0 Å². The van der Waals surface area contributed by atoms with E-state index in [1.807, 2.05) is 0 Å². The highest BCUT2D eigenvalue weighted by atomic mass is 16.6. The quantitative estimate of drug-likeness (QED) is 0.0876. The third-order valence-electron chi connectivity index (χ3n) is 4.69. The lowest BCUT2D eigenvalue weighted by molar-refractivity contribution is -0.199. The van der Waals surface area contributed by atoms with Gasteiger partial charge in [-0.3, -0.25) is 24.0 Å². The Morgan fingerprint density at radius 3 is 0.975 bits per heavy atom. The van der Waals surface area contributed by atoms with E-state index < -0.39 is 124 Å². The van der Waals surface area contributed by atoms with Crippen LogP contribution in [-0.2, 0) is 47.7 Å². The second-order valence-electron chi connectivity index (χ2n) is 9.64. The minimum atomic E-state index is -1.79. The third-order valence-corrected chi connectivity index (χ3v) is 4.69. The largest absolute Gasteiger partial charge is 0.461 e. The van der Waals surface area contributed by atoms with Crippen molar-refractivity contribution in [2.24, 2.45) is 0 Å². The molecule has 40 heavy (non-hydrogen) atoms. The molecule has 0 amide bonds. The molecule has 0 spiro atoms. The Bertz CT molecular complexity index is 752. The molecular formula is C25H42O15. The Labute approximate surface area is 232 Å². The summed E-state index contributed by atoms with van der Waals surface area (Å²) in [5, 5.41) is 47.6. The van der Waals surface area contributed by atoms with Gasteiger partial charge in [0.25, 0.3) is 0 Å². The fourth-order valence-electron chi connectivity index (χ4n) is 3.09. The third kappa shape index (κ3) is 18.4. The molecule has 15 nitrogen and oxygen atoms in total. The molecule has 0 saturated heterocycles. The Morgan fingerprint density at radius 1 is 0.450 bits per heavy atom. The molecule has 0 rings (SSSR count). The SMILES string of the molecule is CC(O)CC(=O)OC[C@H](OC(=O)CC(C)O)C(OC(=O)CC(C)O)[C@@H](COC(=O)CC(C)O)OC(=O)CC(C)O. The van der Waals surface area contributed by atoms with Crippen LogP contribution in [0.15, 0.2) is 0 Å². The molecule has 0 heterocycles.